The lowest BCUT2D eigenvalue weighted by molar-refractivity contribution is 0.0985. The SMILES string of the molecule is O=C(OCC(Cl)(Cl)Cl)N1CCC[C@H]1c1nc(-c2ccc(-c3c[nH]c([C@@H]4CCCN4)n3)cc2)c[nH]1. The molecule has 34 heavy (non-hydrogen) atoms. The Balaban J connectivity index is 1.26. The van der Waals surface area contributed by atoms with E-state index in [0.717, 1.165) is 54.1 Å². The number of aromatic nitrogens is 4. The summed E-state index contributed by atoms with van der Waals surface area (Å²) in [6.07, 6.45) is 7.21. The summed E-state index contributed by atoms with van der Waals surface area (Å²) >= 11 is 17.1. The molecular weight excluding hydrogens is 499 g/mol. The summed E-state index contributed by atoms with van der Waals surface area (Å²) in [7, 11) is 0. The van der Waals surface area contributed by atoms with Crippen LogP contribution in [-0.4, -0.2) is 54.4 Å². The minimum atomic E-state index is -1.64. The van der Waals surface area contributed by atoms with Crippen LogP contribution < -0.4 is 5.32 Å². The molecule has 2 fully saturated rings. The number of carbonyl (C=O) groups excluding carboxylic acids is 1. The highest BCUT2D eigenvalue weighted by Crippen LogP contribution is 2.33. The Morgan fingerprint density at radius 2 is 1.65 bits per heavy atom. The number of imidazole rings is 2. The van der Waals surface area contributed by atoms with Crippen LogP contribution in [-0.2, 0) is 4.74 Å². The number of H-pyrrole nitrogens is 2. The number of alkyl halides is 3. The van der Waals surface area contributed by atoms with Gasteiger partial charge in [0.1, 0.15) is 18.3 Å². The highest BCUT2D eigenvalue weighted by atomic mass is 35.6. The molecular formula is C23H25Cl3N6O2. The zero-order chi connectivity index (χ0) is 23.7. The van der Waals surface area contributed by atoms with Gasteiger partial charge in [-0.2, -0.15) is 0 Å². The lowest BCUT2D eigenvalue weighted by atomic mass is 10.1. The largest absolute Gasteiger partial charge is 0.445 e. The van der Waals surface area contributed by atoms with E-state index in [1.54, 1.807) is 4.90 Å². The minimum absolute atomic E-state index is 0.206. The van der Waals surface area contributed by atoms with E-state index in [0.29, 0.717) is 18.4 Å². The van der Waals surface area contributed by atoms with E-state index < -0.39 is 9.89 Å². The van der Waals surface area contributed by atoms with Crippen LogP contribution in [0.25, 0.3) is 22.5 Å². The normalized spacial score (nSPS) is 20.7. The fraction of sp³-hybridized carbons (Fsp3) is 0.435. The van der Waals surface area contributed by atoms with Gasteiger partial charge in [0, 0.05) is 30.1 Å². The highest BCUT2D eigenvalue weighted by Gasteiger charge is 2.34. The van der Waals surface area contributed by atoms with Crippen molar-refractivity contribution in [2.75, 3.05) is 19.7 Å². The van der Waals surface area contributed by atoms with Gasteiger partial charge in [-0.1, -0.05) is 59.1 Å². The van der Waals surface area contributed by atoms with E-state index in [9.17, 15) is 4.79 Å². The maximum absolute atomic E-state index is 12.5. The van der Waals surface area contributed by atoms with Crippen molar-refractivity contribution in [2.24, 2.45) is 0 Å². The summed E-state index contributed by atoms with van der Waals surface area (Å²) < 4.78 is 3.52. The van der Waals surface area contributed by atoms with Crippen molar-refractivity contribution in [2.45, 2.75) is 41.6 Å². The summed E-state index contributed by atoms with van der Waals surface area (Å²) in [6.45, 7) is 1.30. The molecule has 2 aliphatic heterocycles. The Hall–Kier alpha value is -2.26. The predicted octanol–water partition coefficient (Wildman–Crippen LogP) is 5.54. The van der Waals surface area contributed by atoms with Crippen molar-refractivity contribution in [3.8, 4) is 22.5 Å². The van der Waals surface area contributed by atoms with Crippen LogP contribution in [0.5, 0.6) is 0 Å². The van der Waals surface area contributed by atoms with Crippen molar-refractivity contribution < 1.29 is 9.53 Å². The number of aromatic amines is 2. The topological polar surface area (TPSA) is 98.9 Å². The molecule has 5 rings (SSSR count). The van der Waals surface area contributed by atoms with Crippen molar-refractivity contribution >= 4 is 40.9 Å². The number of ether oxygens (including phenoxy) is 1. The molecule has 0 radical (unpaired) electrons. The molecule has 2 aliphatic rings. The summed E-state index contributed by atoms with van der Waals surface area (Å²) in [5.74, 6) is 1.70. The minimum Gasteiger partial charge on any atom is -0.445 e. The molecule has 0 unspecified atom stereocenters. The maximum atomic E-state index is 12.5. The molecule has 2 atom stereocenters. The number of rotatable bonds is 5. The van der Waals surface area contributed by atoms with Crippen molar-refractivity contribution in [1.82, 2.24) is 30.2 Å². The number of nitrogens with one attached hydrogen (secondary N) is 3. The van der Waals surface area contributed by atoms with Gasteiger partial charge >= 0.3 is 6.09 Å². The van der Waals surface area contributed by atoms with Gasteiger partial charge in [-0.15, -0.1) is 0 Å². The van der Waals surface area contributed by atoms with Crippen molar-refractivity contribution in [3.05, 3.63) is 48.3 Å². The smallest absolute Gasteiger partial charge is 0.410 e. The highest BCUT2D eigenvalue weighted by molar-refractivity contribution is 6.67. The van der Waals surface area contributed by atoms with E-state index in [1.165, 1.54) is 6.42 Å². The van der Waals surface area contributed by atoms with Gasteiger partial charge in [0.15, 0.2) is 0 Å². The molecule has 3 aromatic rings. The Morgan fingerprint density at radius 1 is 1.00 bits per heavy atom. The molecule has 3 N–H and O–H groups in total. The first-order valence-electron chi connectivity index (χ1n) is 11.3. The van der Waals surface area contributed by atoms with Crippen LogP contribution in [0.4, 0.5) is 4.79 Å². The number of carbonyl (C=O) groups is 1. The Kier molecular flexibility index (Phi) is 6.75. The number of halogens is 3. The van der Waals surface area contributed by atoms with E-state index >= 15 is 0 Å². The fourth-order valence-corrected chi connectivity index (χ4v) is 4.71. The third-order valence-electron chi connectivity index (χ3n) is 6.22. The average Bonchev–Trinajstić information content (AvgIpc) is 3.63. The number of hydrogen-bond donors (Lipinski definition) is 3. The van der Waals surface area contributed by atoms with E-state index in [-0.39, 0.29) is 12.6 Å². The van der Waals surface area contributed by atoms with Gasteiger partial charge in [-0.25, -0.2) is 14.8 Å². The van der Waals surface area contributed by atoms with Gasteiger partial charge in [0.25, 0.3) is 0 Å². The second-order valence-corrected chi connectivity index (χ2v) is 11.1. The van der Waals surface area contributed by atoms with Gasteiger partial charge in [-0.3, -0.25) is 4.90 Å². The summed E-state index contributed by atoms with van der Waals surface area (Å²) in [5, 5.41) is 3.46. The number of amides is 1. The molecule has 0 spiro atoms. The van der Waals surface area contributed by atoms with Gasteiger partial charge < -0.3 is 20.0 Å². The van der Waals surface area contributed by atoms with Crippen LogP contribution in [0.15, 0.2) is 36.7 Å². The van der Waals surface area contributed by atoms with Crippen LogP contribution in [0, 0.1) is 0 Å². The Morgan fingerprint density at radius 3 is 2.26 bits per heavy atom. The summed E-state index contributed by atoms with van der Waals surface area (Å²) in [6, 6.07) is 8.25. The Bertz CT molecular complexity index is 1130. The molecule has 1 aromatic carbocycles. The Labute approximate surface area is 212 Å². The standard InChI is InChI=1S/C23H25Cl3N6O2/c24-23(25,26)13-34-22(33)32-10-2-4-19(32)21-29-12-18(31-21)15-7-5-14(6-8-15)17-11-28-20(30-17)16-3-1-9-27-16/h5-8,11-12,16,19,27H,1-4,9-10,13H2,(H,28,30)(H,29,31)/t16-,19-/m0/s1. The second-order valence-electron chi connectivity index (χ2n) is 8.59. The molecule has 4 heterocycles. The molecule has 1 amide bonds. The van der Waals surface area contributed by atoms with Crippen LogP contribution in [0.2, 0.25) is 0 Å². The van der Waals surface area contributed by atoms with E-state index in [2.05, 4.69) is 15.3 Å². The first-order chi connectivity index (χ1) is 16.4. The van der Waals surface area contributed by atoms with Crippen LogP contribution in [0.1, 0.15) is 49.4 Å². The lowest BCUT2D eigenvalue weighted by Gasteiger charge is -2.23. The maximum Gasteiger partial charge on any atom is 0.410 e. The van der Waals surface area contributed by atoms with Crippen LogP contribution in [0.3, 0.4) is 0 Å². The molecule has 11 heteroatoms. The van der Waals surface area contributed by atoms with Gasteiger partial charge in [-0.05, 0) is 32.2 Å². The molecule has 0 saturated carbocycles. The molecule has 0 bridgehead atoms. The number of benzene rings is 1. The van der Waals surface area contributed by atoms with Gasteiger partial charge in [0.05, 0.1) is 23.5 Å². The predicted molar refractivity (Wildman–Crippen MR) is 132 cm³/mol. The number of nitrogens with zero attached hydrogens (tertiary/aromatic N) is 3. The monoisotopic (exact) mass is 522 g/mol. The zero-order valence-electron chi connectivity index (χ0n) is 18.4. The van der Waals surface area contributed by atoms with Crippen molar-refractivity contribution in [1.29, 1.82) is 0 Å². The fourth-order valence-electron chi connectivity index (χ4n) is 4.54. The molecule has 0 aliphatic carbocycles. The lowest BCUT2D eigenvalue weighted by Crippen LogP contribution is -2.33. The molecule has 8 nitrogen and oxygen atoms in total. The molecule has 2 aromatic heterocycles. The zero-order valence-corrected chi connectivity index (χ0v) is 20.6. The number of hydrogen-bond acceptors (Lipinski definition) is 5. The molecule has 2 saturated heterocycles. The third kappa shape index (κ3) is 5.20. The molecule has 180 valence electrons. The summed E-state index contributed by atoms with van der Waals surface area (Å²) in [4.78, 5) is 30.1. The first kappa shape index (κ1) is 23.5. The van der Waals surface area contributed by atoms with E-state index in [1.807, 2.05) is 36.7 Å². The van der Waals surface area contributed by atoms with Gasteiger partial charge in [0.2, 0.25) is 3.79 Å². The third-order valence-corrected chi connectivity index (χ3v) is 6.55. The quantitative estimate of drug-likeness (QED) is 0.382. The van der Waals surface area contributed by atoms with Crippen molar-refractivity contribution in [3.63, 3.8) is 0 Å². The number of likely N-dealkylation sites (tertiary alicyclic amines) is 1. The van der Waals surface area contributed by atoms with E-state index in [4.69, 9.17) is 49.5 Å². The second kappa shape index (κ2) is 9.77. The van der Waals surface area contributed by atoms with Crippen LogP contribution >= 0.6 is 34.8 Å². The summed E-state index contributed by atoms with van der Waals surface area (Å²) in [5.41, 5.74) is 3.75. The average molecular weight is 524 g/mol. The first-order valence-corrected chi connectivity index (χ1v) is 12.5.